The fourth-order valence-corrected chi connectivity index (χ4v) is 2.80. The number of benzene rings is 1. The molecule has 0 aliphatic carbocycles. The molecule has 2 aromatic rings. The van der Waals surface area contributed by atoms with E-state index in [1.807, 2.05) is 29.8 Å². The summed E-state index contributed by atoms with van der Waals surface area (Å²) in [5.74, 6) is 0.435. The molecule has 0 radical (unpaired) electrons. The number of nitrogen functional groups attached to an aromatic ring is 1. The third-order valence-electron chi connectivity index (χ3n) is 2.71. The quantitative estimate of drug-likeness (QED) is 0.828. The smallest absolute Gasteiger partial charge is 0.0965 e. The van der Waals surface area contributed by atoms with Gasteiger partial charge >= 0.3 is 0 Å². The van der Waals surface area contributed by atoms with Crippen LogP contribution in [0.1, 0.15) is 23.4 Å². The molecule has 0 aliphatic rings. The molecule has 1 aromatic carbocycles. The van der Waals surface area contributed by atoms with Crippen molar-refractivity contribution in [1.29, 1.82) is 0 Å². The van der Waals surface area contributed by atoms with Crippen molar-refractivity contribution in [3.63, 3.8) is 0 Å². The van der Waals surface area contributed by atoms with Gasteiger partial charge in [-0.05, 0) is 23.8 Å². The van der Waals surface area contributed by atoms with E-state index in [4.69, 9.17) is 5.73 Å². The van der Waals surface area contributed by atoms with E-state index in [2.05, 4.69) is 33.2 Å². The Bertz CT molecular complexity index is 499. The molecule has 0 fully saturated rings. The molecule has 0 bridgehead atoms. The highest BCUT2D eigenvalue weighted by molar-refractivity contribution is 9.10. The summed E-state index contributed by atoms with van der Waals surface area (Å²) in [6, 6.07) is 5.87. The minimum absolute atomic E-state index is 0.435. The van der Waals surface area contributed by atoms with Crippen LogP contribution in [-0.4, -0.2) is 11.5 Å². The summed E-state index contributed by atoms with van der Waals surface area (Å²) >= 11 is 5.23. The Kier molecular flexibility index (Phi) is 4.74. The second-order valence-corrected chi connectivity index (χ2v) is 6.03. The number of nitrogens with one attached hydrogen (secondary N) is 1. The van der Waals surface area contributed by atoms with E-state index in [0.29, 0.717) is 5.92 Å². The van der Waals surface area contributed by atoms with E-state index in [0.717, 1.165) is 23.2 Å². The van der Waals surface area contributed by atoms with Crippen LogP contribution in [0.15, 0.2) is 34.2 Å². The van der Waals surface area contributed by atoms with Crippen LogP contribution < -0.4 is 11.1 Å². The molecule has 96 valence electrons. The van der Waals surface area contributed by atoms with Gasteiger partial charge in [0, 0.05) is 40.7 Å². The summed E-state index contributed by atoms with van der Waals surface area (Å²) in [6.45, 7) is 3.90. The van der Waals surface area contributed by atoms with Crippen molar-refractivity contribution in [3.05, 3.63) is 44.8 Å². The van der Waals surface area contributed by atoms with Gasteiger partial charge in [0.1, 0.15) is 0 Å². The fraction of sp³-hybridized carbons (Fsp3) is 0.308. The molecular formula is C13H16BrN3S. The Morgan fingerprint density at radius 2 is 2.33 bits per heavy atom. The van der Waals surface area contributed by atoms with Crippen molar-refractivity contribution < 1.29 is 0 Å². The SMILES string of the molecule is CC(CNCc1cc(N)ccc1Br)c1nccs1. The summed E-state index contributed by atoms with van der Waals surface area (Å²) in [5.41, 5.74) is 7.76. The van der Waals surface area contributed by atoms with E-state index in [1.165, 1.54) is 10.6 Å². The Hall–Kier alpha value is -0.910. The number of hydrogen-bond donors (Lipinski definition) is 2. The number of aromatic nitrogens is 1. The lowest BCUT2D eigenvalue weighted by molar-refractivity contribution is 0.612. The van der Waals surface area contributed by atoms with Gasteiger partial charge in [-0.1, -0.05) is 22.9 Å². The first-order valence-corrected chi connectivity index (χ1v) is 7.48. The summed E-state index contributed by atoms with van der Waals surface area (Å²) in [5, 5.41) is 6.63. The summed E-state index contributed by atoms with van der Waals surface area (Å²) in [4.78, 5) is 4.32. The van der Waals surface area contributed by atoms with Gasteiger partial charge in [-0.25, -0.2) is 4.98 Å². The minimum atomic E-state index is 0.435. The Morgan fingerprint density at radius 1 is 1.50 bits per heavy atom. The zero-order valence-corrected chi connectivity index (χ0v) is 12.6. The summed E-state index contributed by atoms with van der Waals surface area (Å²) in [6.07, 6.45) is 1.85. The summed E-state index contributed by atoms with van der Waals surface area (Å²) < 4.78 is 1.09. The van der Waals surface area contributed by atoms with Crippen molar-refractivity contribution in [1.82, 2.24) is 10.3 Å². The van der Waals surface area contributed by atoms with Crippen LogP contribution in [0.25, 0.3) is 0 Å². The Balaban J connectivity index is 1.87. The first kappa shape index (κ1) is 13.5. The van der Waals surface area contributed by atoms with E-state index >= 15 is 0 Å². The molecule has 2 rings (SSSR count). The molecule has 5 heteroatoms. The maximum atomic E-state index is 5.78. The van der Waals surface area contributed by atoms with Crippen LogP contribution in [0.2, 0.25) is 0 Å². The second-order valence-electron chi connectivity index (χ2n) is 4.25. The van der Waals surface area contributed by atoms with Gasteiger partial charge in [-0.2, -0.15) is 0 Å². The lowest BCUT2D eigenvalue weighted by atomic mass is 10.1. The number of rotatable bonds is 5. The van der Waals surface area contributed by atoms with Crippen molar-refractivity contribution in [2.45, 2.75) is 19.4 Å². The predicted molar refractivity (Wildman–Crippen MR) is 80.8 cm³/mol. The standard InChI is InChI=1S/C13H16BrN3S/c1-9(13-17-4-5-18-13)7-16-8-10-6-11(15)2-3-12(10)14/h2-6,9,16H,7-8,15H2,1H3. The van der Waals surface area contributed by atoms with Crippen LogP contribution >= 0.6 is 27.3 Å². The van der Waals surface area contributed by atoms with E-state index in [9.17, 15) is 0 Å². The molecule has 3 nitrogen and oxygen atoms in total. The predicted octanol–water partition coefficient (Wildman–Crippen LogP) is 3.38. The van der Waals surface area contributed by atoms with Gasteiger partial charge in [-0.3, -0.25) is 0 Å². The van der Waals surface area contributed by atoms with Crippen molar-refractivity contribution >= 4 is 33.0 Å². The molecule has 3 N–H and O–H groups in total. The molecule has 1 atom stereocenters. The normalized spacial score (nSPS) is 12.6. The molecule has 1 heterocycles. The maximum Gasteiger partial charge on any atom is 0.0965 e. The first-order chi connectivity index (χ1) is 8.66. The highest BCUT2D eigenvalue weighted by atomic mass is 79.9. The maximum absolute atomic E-state index is 5.78. The largest absolute Gasteiger partial charge is 0.399 e. The number of anilines is 1. The Labute approximate surface area is 120 Å². The average Bonchev–Trinajstić information content (AvgIpc) is 2.87. The van der Waals surface area contributed by atoms with Crippen molar-refractivity contribution in [2.24, 2.45) is 0 Å². The van der Waals surface area contributed by atoms with Gasteiger partial charge in [0.25, 0.3) is 0 Å². The first-order valence-electron chi connectivity index (χ1n) is 5.81. The lowest BCUT2D eigenvalue weighted by Crippen LogP contribution is -2.19. The topological polar surface area (TPSA) is 50.9 Å². The molecular weight excluding hydrogens is 310 g/mol. The third kappa shape index (κ3) is 3.54. The highest BCUT2D eigenvalue weighted by Crippen LogP contribution is 2.20. The van der Waals surface area contributed by atoms with E-state index in [1.54, 1.807) is 11.3 Å². The molecule has 1 unspecified atom stereocenters. The van der Waals surface area contributed by atoms with E-state index in [-0.39, 0.29) is 0 Å². The monoisotopic (exact) mass is 325 g/mol. The molecule has 0 aliphatic heterocycles. The molecule has 0 saturated carbocycles. The zero-order valence-electron chi connectivity index (χ0n) is 10.2. The van der Waals surface area contributed by atoms with Gasteiger partial charge in [0.15, 0.2) is 0 Å². The number of halogens is 1. The van der Waals surface area contributed by atoms with E-state index < -0.39 is 0 Å². The van der Waals surface area contributed by atoms with Gasteiger partial charge in [0.05, 0.1) is 5.01 Å². The highest BCUT2D eigenvalue weighted by Gasteiger charge is 2.08. The van der Waals surface area contributed by atoms with Crippen LogP contribution in [-0.2, 0) is 6.54 Å². The molecule has 1 aromatic heterocycles. The third-order valence-corrected chi connectivity index (χ3v) is 4.49. The molecule has 0 saturated heterocycles. The van der Waals surface area contributed by atoms with Crippen LogP contribution in [0.3, 0.4) is 0 Å². The molecule has 0 spiro atoms. The lowest BCUT2D eigenvalue weighted by Gasteiger charge is -2.11. The van der Waals surface area contributed by atoms with Crippen LogP contribution in [0.5, 0.6) is 0 Å². The number of thiazole rings is 1. The minimum Gasteiger partial charge on any atom is -0.399 e. The van der Waals surface area contributed by atoms with Crippen molar-refractivity contribution in [3.8, 4) is 0 Å². The fourth-order valence-electron chi connectivity index (χ4n) is 1.72. The summed E-state index contributed by atoms with van der Waals surface area (Å²) in [7, 11) is 0. The number of nitrogens with zero attached hydrogens (tertiary/aromatic N) is 1. The van der Waals surface area contributed by atoms with Gasteiger partial charge in [-0.15, -0.1) is 11.3 Å². The number of hydrogen-bond acceptors (Lipinski definition) is 4. The van der Waals surface area contributed by atoms with Gasteiger partial charge in [0.2, 0.25) is 0 Å². The Morgan fingerprint density at radius 3 is 3.06 bits per heavy atom. The van der Waals surface area contributed by atoms with Crippen LogP contribution in [0.4, 0.5) is 5.69 Å². The molecule has 0 amide bonds. The van der Waals surface area contributed by atoms with Crippen LogP contribution in [0, 0.1) is 0 Å². The number of nitrogens with two attached hydrogens (primary N) is 1. The second kappa shape index (κ2) is 6.31. The zero-order chi connectivity index (χ0) is 13.0. The average molecular weight is 326 g/mol. The molecule has 18 heavy (non-hydrogen) atoms. The van der Waals surface area contributed by atoms with Gasteiger partial charge < -0.3 is 11.1 Å². The van der Waals surface area contributed by atoms with Crippen molar-refractivity contribution in [2.75, 3.05) is 12.3 Å².